The van der Waals surface area contributed by atoms with Crippen molar-refractivity contribution in [2.75, 3.05) is 18.1 Å². The number of nitrogen functional groups attached to an aromatic ring is 2. The Morgan fingerprint density at radius 2 is 2.12 bits per heavy atom. The highest BCUT2D eigenvalue weighted by molar-refractivity contribution is 5.73. The van der Waals surface area contributed by atoms with E-state index in [-0.39, 0.29) is 12.4 Å². The van der Waals surface area contributed by atoms with E-state index in [1.54, 1.807) is 25.1 Å². The van der Waals surface area contributed by atoms with Crippen LogP contribution < -0.4 is 11.5 Å². The molecule has 4 heteroatoms. The molecule has 0 saturated carbocycles. The smallest absolute Gasteiger partial charge is 0.317 e. The molecule has 0 amide bonds. The zero-order valence-corrected chi connectivity index (χ0v) is 9.12. The predicted molar refractivity (Wildman–Crippen MR) is 63.4 cm³/mol. The number of nitrogens with two attached hydrogens (primary N) is 2. The minimum Gasteiger partial charge on any atom is -0.465 e. The van der Waals surface area contributed by atoms with Crippen molar-refractivity contribution in [3.63, 3.8) is 0 Å². The van der Waals surface area contributed by atoms with Gasteiger partial charge < -0.3 is 16.2 Å². The summed E-state index contributed by atoms with van der Waals surface area (Å²) in [6.45, 7) is 2.13. The van der Waals surface area contributed by atoms with Gasteiger partial charge in [0, 0.05) is 5.56 Å². The van der Waals surface area contributed by atoms with E-state index in [0.717, 1.165) is 5.56 Å². The van der Waals surface area contributed by atoms with Gasteiger partial charge in [-0.1, -0.05) is 11.8 Å². The summed E-state index contributed by atoms with van der Waals surface area (Å²) in [6, 6.07) is 5.11. The quantitative estimate of drug-likeness (QED) is 0.443. The molecule has 16 heavy (non-hydrogen) atoms. The number of carbonyl (C=O) groups excluding carboxylic acids is 1. The second-order valence-electron chi connectivity index (χ2n) is 3.13. The SMILES string of the molecule is CCOC(=O)CC#Cc1ccc(N)c(N)c1. The molecule has 0 unspecified atom stereocenters. The lowest BCUT2D eigenvalue weighted by Crippen LogP contribution is -2.01. The van der Waals surface area contributed by atoms with Crippen molar-refractivity contribution in [2.45, 2.75) is 13.3 Å². The Morgan fingerprint density at radius 1 is 1.38 bits per heavy atom. The van der Waals surface area contributed by atoms with E-state index in [9.17, 15) is 4.79 Å². The molecule has 0 saturated heterocycles. The molecule has 0 fully saturated rings. The van der Waals surface area contributed by atoms with Crippen molar-refractivity contribution in [2.24, 2.45) is 0 Å². The standard InChI is InChI=1S/C12H14N2O2/c1-2-16-12(15)5-3-4-9-6-7-10(13)11(14)8-9/h6-8H,2,5,13-14H2,1H3. The highest BCUT2D eigenvalue weighted by Crippen LogP contribution is 2.14. The van der Waals surface area contributed by atoms with E-state index in [1.165, 1.54) is 0 Å². The summed E-state index contributed by atoms with van der Waals surface area (Å²) < 4.78 is 4.74. The molecule has 0 aliphatic rings. The van der Waals surface area contributed by atoms with Crippen molar-refractivity contribution in [1.82, 2.24) is 0 Å². The fraction of sp³-hybridized carbons (Fsp3) is 0.250. The Kier molecular flexibility index (Phi) is 4.22. The molecule has 1 rings (SSSR count). The largest absolute Gasteiger partial charge is 0.465 e. The van der Waals surface area contributed by atoms with Crippen LogP contribution in [0.4, 0.5) is 11.4 Å². The lowest BCUT2D eigenvalue weighted by Gasteiger charge is -1.99. The molecule has 0 aromatic heterocycles. The number of hydrogen-bond donors (Lipinski definition) is 2. The zero-order valence-electron chi connectivity index (χ0n) is 9.12. The van der Waals surface area contributed by atoms with Gasteiger partial charge in [-0.15, -0.1) is 0 Å². The fourth-order valence-electron chi connectivity index (χ4n) is 1.08. The first-order valence-corrected chi connectivity index (χ1v) is 4.93. The van der Waals surface area contributed by atoms with Crippen LogP contribution >= 0.6 is 0 Å². The molecule has 0 radical (unpaired) electrons. The topological polar surface area (TPSA) is 78.3 Å². The average molecular weight is 218 g/mol. The lowest BCUT2D eigenvalue weighted by atomic mass is 10.2. The van der Waals surface area contributed by atoms with Gasteiger partial charge in [-0.25, -0.2) is 0 Å². The fourth-order valence-corrected chi connectivity index (χ4v) is 1.08. The Labute approximate surface area is 94.6 Å². The molecular weight excluding hydrogens is 204 g/mol. The third-order valence-corrected chi connectivity index (χ3v) is 1.86. The number of ether oxygens (including phenoxy) is 1. The van der Waals surface area contributed by atoms with Gasteiger partial charge in [0.15, 0.2) is 0 Å². The molecule has 1 aromatic carbocycles. The summed E-state index contributed by atoms with van der Waals surface area (Å²) in [5.41, 5.74) is 12.9. The second kappa shape index (κ2) is 5.66. The molecule has 0 heterocycles. The van der Waals surface area contributed by atoms with E-state index in [2.05, 4.69) is 11.8 Å². The third kappa shape index (κ3) is 3.54. The number of esters is 1. The summed E-state index contributed by atoms with van der Waals surface area (Å²) in [7, 11) is 0. The van der Waals surface area contributed by atoms with Crippen LogP contribution in [0.15, 0.2) is 18.2 Å². The molecule has 0 aliphatic carbocycles. The Hall–Kier alpha value is -2.15. The maximum atomic E-state index is 11.0. The number of benzene rings is 1. The van der Waals surface area contributed by atoms with E-state index in [0.29, 0.717) is 18.0 Å². The average Bonchev–Trinajstić information content (AvgIpc) is 2.24. The molecule has 0 aliphatic heterocycles. The van der Waals surface area contributed by atoms with Crippen LogP contribution in [0, 0.1) is 11.8 Å². The van der Waals surface area contributed by atoms with Gasteiger partial charge in [-0.3, -0.25) is 4.79 Å². The molecule has 84 valence electrons. The van der Waals surface area contributed by atoms with Gasteiger partial charge in [0.1, 0.15) is 6.42 Å². The van der Waals surface area contributed by atoms with E-state index in [1.807, 2.05) is 0 Å². The molecule has 0 bridgehead atoms. The minimum atomic E-state index is -0.321. The molecule has 4 nitrogen and oxygen atoms in total. The number of hydrogen-bond acceptors (Lipinski definition) is 4. The molecule has 1 aromatic rings. The van der Waals surface area contributed by atoms with Gasteiger partial charge in [0.25, 0.3) is 0 Å². The zero-order chi connectivity index (χ0) is 12.0. The van der Waals surface area contributed by atoms with Gasteiger partial charge in [0.2, 0.25) is 0 Å². The van der Waals surface area contributed by atoms with Crippen LogP contribution in [0.5, 0.6) is 0 Å². The van der Waals surface area contributed by atoms with Gasteiger partial charge in [0.05, 0.1) is 18.0 Å². The Morgan fingerprint density at radius 3 is 2.75 bits per heavy atom. The van der Waals surface area contributed by atoms with Gasteiger partial charge in [-0.2, -0.15) is 0 Å². The third-order valence-electron chi connectivity index (χ3n) is 1.86. The first kappa shape index (κ1) is 11.9. The summed E-state index contributed by atoms with van der Waals surface area (Å²) in [6.07, 6.45) is 0.0815. The van der Waals surface area contributed by atoms with Crippen LogP contribution in [-0.2, 0) is 9.53 Å². The summed E-state index contributed by atoms with van der Waals surface area (Å²) in [5.74, 6) is 5.21. The van der Waals surface area contributed by atoms with Crippen molar-refractivity contribution in [1.29, 1.82) is 0 Å². The van der Waals surface area contributed by atoms with E-state index in [4.69, 9.17) is 16.2 Å². The predicted octanol–water partition coefficient (Wildman–Crippen LogP) is 1.16. The van der Waals surface area contributed by atoms with Crippen LogP contribution in [0.1, 0.15) is 18.9 Å². The van der Waals surface area contributed by atoms with Gasteiger partial charge >= 0.3 is 5.97 Å². The second-order valence-corrected chi connectivity index (χ2v) is 3.13. The minimum absolute atomic E-state index is 0.0815. The number of anilines is 2. The maximum Gasteiger partial charge on any atom is 0.317 e. The normalized spacial score (nSPS) is 9.06. The highest BCUT2D eigenvalue weighted by atomic mass is 16.5. The Balaban J connectivity index is 2.63. The van der Waals surface area contributed by atoms with Crippen LogP contribution in [-0.4, -0.2) is 12.6 Å². The monoisotopic (exact) mass is 218 g/mol. The number of rotatable bonds is 2. The van der Waals surface area contributed by atoms with Crippen molar-refractivity contribution in [3.8, 4) is 11.8 Å². The molecule has 0 atom stereocenters. The first-order valence-electron chi connectivity index (χ1n) is 4.93. The van der Waals surface area contributed by atoms with Gasteiger partial charge in [-0.05, 0) is 25.1 Å². The number of carbonyl (C=O) groups is 1. The summed E-state index contributed by atoms with van der Waals surface area (Å²) in [5, 5.41) is 0. The van der Waals surface area contributed by atoms with Crippen LogP contribution in [0.3, 0.4) is 0 Å². The Bertz CT molecular complexity index is 444. The van der Waals surface area contributed by atoms with Crippen molar-refractivity contribution < 1.29 is 9.53 Å². The van der Waals surface area contributed by atoms with Crippen molar-refractivity contribution in [3.05, 3.63) is 23.8 Å². The summed E-state index contributed by atoms with van der Waals surface area (Å²) in [4.78, 5) is 11.0. The van der Waals surface area contributed by atoms with Crippen LogP contribution in [0.2, 0.25) is 0 Å². The van der Waals surface area contributed by atoms with Crippen LogP contribution in [0.25, 0.3) is 0 Å². The molecular formula is C12H14N2O2. The van der Waals surface area contributed by atoms with Crippen molar-refractivity contribution >= 4 is 17.3 Å². The van der Waals surface area contributed by atoms with E-state index >= 15 is 0 Å². The lowest BCUT2D eigenvalue weighted by molar-refractivity contribution is -0.141. The molecule has 0 spiro atoms. The van der Waals surface area contributed by atoms with E-state index < -0.39 is 0 Å². The highest BCUT2D eigenvalue weighted by Gasteiger charge is 1.97. The maximum absolute atomic E-state index is 11.0. The summed E-state index contributed by atoms with van der Waals surface area (Å²) >= 11 is 0. The molecule has 4 N–H and O–H groups in total. The first-order chi connectivity index (χ1) is 7.63.